The predicted molar refractivity (Wildman–Crippen MR) is 88.4 cm³/mol. The number of amides is 1. The van der Waals surface area contributed by atoms with Gasteiger partial charge in [0.1, 0.15) is 5.60 Å². The number of allylic oxidation sites excluding steroid dienone is 1. The number of aromatic nitrogens is 1. The number of fused-ring (bicyclic) bond motifs is 1. The molecule has 0 fully saturated rings. The van der Waals surface area contributed by atoms with Gasteiger partial charge < -0.3 is 9.72 Å². The molecule has 4 nitrogen and oxygen atoms in total. The maximum atomic E-state index is 12.5. The standard InChI is InChI=1S/C18H22N2O2/c1-18(2,3)22-17(21)20-12-5-4-9-16(20)14-7-6-8-15-13(14)10-11-19-15/h6-11,19H,4-5,12H2,1-3H3. The largest absolute Gasteiger partial charge is 0.443 e. The molecule has 3 rings (SSSR count). The van der Waals surface area contributed by atoms with Crippen LogP contribution >= 0.6 is 0 Å². The van der Waals surface area contributed by atoms with E-state index in [1.165, 1.54) is 0 Å². The molecule has 4 heteroatoms. The van der Waals surface area contributed by atoms with E-state index in [2.05, 4.69) is 17.1 Å². The van der Waals surface area contributed by atoms with Crippen molar-refractivity contribution in [1.29, 1.82) is 0 Å². The number of nitrogens with zero attached hydrogens (tertiary/aromatic N) is 1. The highest BCUT2D eigenvalue weighted by Crippen LogP contribution is 2.31. The van der Waals surface area contributed by atoms with Crippen LogP contribution in [0.15, 0.2) is 36.5 Å². The third-order valence-corrected chi connectivity index (χ3v) is 3.70. The Morgan fingerprint density at radius 3 is 2.86 bits per heavy atom. The summed E-state index contributed by atoms with van der Waals surface area (Å²) >= 11 is 0. The lowest BCUT2D eigenvalue weighted by Gasteiger charge is -2.31. The van der Waals surface area contributed by atoms with Crippen LogP contribution in [0.5, 0.6) is 0 Å². The van der Waals surface area contributed by atoms with E-state index in [0.29, 0.717) is 6.54 Å². The van der Waals surface area contributed by atoms with E-state index in [1.807, 2.05) is 45.2 Å². The number of ether oxygens (including phenoxy) is 1. The summed E-state index contributed by atoms with van der Waals surface area (Å²) in [6.45, 7) is 6.38. The number of hydrogen-bond acceptors (Lipinski definition) is 2. The molecule has 0 saturated heterocycles. The molecule has 0 spiro atoms. The van der Waals surface area contributed by atoms with Crippen molar-refractivity contribution in [2.75, 3.05) is 6.54 Å². The minimum absolute atomic E-state index is 0.272. The van der Waals surface area contributed by atoms with Crippen LogP contribution in [0.2, 0.25) is 0 Å². The quantitative estimate of drug-likeness (QED) is 0.840. The van der Waals surface area contributed by atoms with Crippen molar-refractivity contribution in [3.63, 3.8) is 0 Å². The van der Waals surface area contributed by atoms with E-state index < -0.39 is 5.60 Å². The summed E-state index contributed by atoms with van der Waals surface area (Å²) in [4.78, 5) is 17.5. The van der Waals surface area contributed by atoms with Crippen molar-refractivity contribution in [2.24, 2.45) is 0 Å². The van der Waals surface area contributed by atoms with Gasteiger partial charge in [0.05, 0.1) is 5.70 Å². The normalized spacial score (nSPS) is 15.8. The van der Waals surface area contributed by atoms with E-state index in [1.54, 1.807) is 4.90 Å². The lowest BCUT2D eigenvalue weighted by molar-refractivity contribution is 0.0347. The second-order valence-corrected chi connectivity index (χ2v) is 6.61. The van der Waals surface area contributed by atoms with Gasteiger partial charge in [-0.1, -0.05) is 18.2 Å². The Morgan fingerprint density at radius 1 is 1.27 bits per heavy atom. The highest BCUT2D eigenvalue weighted by molar-refractivity contribution is 5.95. The lowest BCUT2D eigenvalue weighted by atomic mass is 10.0. The van der Waals surface area contributed by atoms with Gasteiger partial charge in [-0.05, 0) is 45.7 Å². The van der Waals surface area contributed by atoms with Crippen molar-refractivity contribution < 1.29 is 9.53 Å². The van der Waals surface area contributed by atoms with Gasteiger partial charge >= 0.3 is 6.09 Å². The summed E-state index contributed by atoms with van der Waals surface area (Å²) in [5.41, 5.74) is 2.61. The van der Waals surface area contributed by atoms with Gasteiger partial charge in [-0.2, -0.15) is 0 Å². The van der Waals surface area contributed by atoms with Crippen molar-refractivity contribution >= 4 is 22.7 Å². The molecule has 2 heterocycles. The van der Waals surface area contributed by atoms with Gasteiger partial charge in [0.2, 0.25) is 0 Å². The molecule has 1 aliphatic heterocycles. The topological polar surface area (TPSA) is 45.3 Å². The van der Waals surface area contributed by atoms with Crippen LogP contribution in [0.4, 0.5) is 4.79 Å². The van der Waals surface area contributed by atoms with Crippen LogP contribution in [0.25, 0.3) is 16.6 Å². The Labute approximate surface area is 130 Å². The minimum Gasteiger partial charge on any atom is -0.443 e. The average Bonchev–Trinajstić information content (AvgIpc) is 2.93. The van der Waals surface area contributed by atoms with Crippen molar-refractivity contribution in [1.82, 2.24) is 9.88 Å². The number of hydrogen-bond donors (Lipinski definition) is 1. The highest BCUT2D eigenvalue weighted by atomic mass is 16.6. The lowest BCUT2D eigenvalue weighted by Crippen LogP contribution is -2.37. The fraction of sp³-hybridized carbons (Fsp3) is 0.389. The van der Waals surface area contributed by atoms with Gasteiger partial charge in [0.15, 0.2) is 0 Å². The molecule has 0 bridgehead atoms. The van der Waals surface area contributed by atoms with E-state index in [4.69, 9.17) is 4.74 Å². The number of carbonyl (C=O) groups excluding carboxylic acids is 1. The highest BCUT2D eigenvalue weighted by Gasteiger charge is 2.27. The molecule has 1 aromatic carbocycles. The number of rotatable bonds is 1. The molecule has 1 aromatic heterocycles. The van der Waals surface area contributed by atoms with Crippen molar-refractivity contribution in [2.45, 2.75) is 39.2 Å². The van der Waals surface area contributed by atoms with Gasteiger partial charge in [0, 0.05) is 29.2 Å². The third-order valence-electron chi connectivity index (χ3n) is 3.70. The van der Waals surface area contributed by atoms with Crippen LogP contribution in [0, 0.1) is 0 Å². The van der Waals surface area contributed by atoms with Crippen LogP contribution in [-0.4, -0.2) is 28.1 Å². The molecule has 0 unspecified atom stereocenters. The Hall–Kier alpha value is -2.23. The number of benzene rings is 1. The number of nitrogens with one attached hydrogen (secondary N) is 1. The average molecular weight is 298 g/mol. The molecule has 1 amide bonds. The van der Waals surface area contributed by atoms with E-state index >= 15 is 0 Å². The zero-order valence-corrected chi connectivity index (χ0v) is 13.3. The van der Waals surface area contributed by atoms with Crippen LogP contribution in [0.3, 0.4) is 0 Å². The summed E-state index contributed by atoms with van der Waals surface area (Å²) < 4.78 is 5.56. The first-order valence-corrected chi connectivity index (χ1v) is 7.73. The monoisotopic (exact) mass is 298 g/mol. The third kappa shape index (κ3) is 2.86. The van der Waals surface area contributed by atoms with Crippen LogP contribution < -0.4 is 0 Å². The fourth-order valence-electron chi connectivity index (χ4n) is 2.79. The van der Waals surface area contributed by atoms with Crippen LogP contribution in [0.1, 0.15) is 39.2 Å². The molecule has 116 valence electrons. The maximum Gasteiger partial charge on any atom is 0.414 e. The first kappa shape index (κ1) is 14.7. The summed E-state index contributed by atoms with van der Waals surface area (Å²) in [5.74, 6) is 0. The minimum atomic E-state index is -0.486. The Bertz CT molecular complexity index is 722. The first-order valence-electron chi connectivity index (χ1n) is 7.73. The first-order chi connectivity index (χ1) is 10.5. The van der Waals surface area contributed by atoms with Crippen molar-refractivity contribution in [3.8, 4) is 0 Å². The number of aromatic amines is 1. The molecule has 22 heavy (non-hydrogen) atoms. The van der Waals surface area contributed by atoms with E-state index in [-0.39, 0.29) is 6.09 Å². The Balaban J connectivity index is 1.98. The fourth-order valence-corrected chi connectivity index (χ4v) is 2.79. The molecule has 1 aliphatic rings. The van der Waals surface area contributed by atoms with E-state index in [0.717, 1.165) is 35.0 Å². The maximum absolute atomic E-state index is 12.5. The summed E-state index contributed by atoms with van der Waals surface area (Å²) in [6.07, 6.45) is 5.73. The molecular formula is C18H22N2O2. The molecule has 2 aromatic rings. The van der Waals surface area contributed by atoms with E-state index in [9.17, 15) is 4.79 Å². The predicted octanol–water partition coefficient (Wildman–Crippen LogP) is 4.54. The Morgan fingerprint density at radius 2 is 2.09 bits per heavy atom. The molecule has 1 N–H and O–H groups in total. The second kappa shape index (κ2) is 5.52. The molecular weight excluding hydrogens is 276 g/mol. The van der Waals surface area contributed by atoms with Crippen LogP contribution in [-0.2, 0) is 4.74 Å². The van der Waals surface area contributed by atoms with Crippen molar-refractivity contribution in [3.05, 3.63) is 42.1 Å². The summed E-state index contributed by atoms with van der Waals surface area (Å²) in [5, 5.41) is 1.13. The van der Waals surface area contributed by atoms with Gasteiger partial charge in [-0.25, -0.2) is 4.79 Å². The zero-order chi connectivity index (χ0) is 15.7. The number of carbonyl (C=O) groups is 1. The number of H-pyrrole nitrogens is 1. The van der Waals surface area contributed by atoms with Gasteiger partial charge in [-0.3, -0.25) is 4.90 Å². The SMILES string of the molecule is CC(C)(C)OC(=O)N1CCCC=C1c1cccc2[nH]ccc12. The van der Waals surface area contributed by atoms with Gasteiger partial charge in [0.25, 0.3) is 0 Å². The molecule has 0 saturated carbocycles. The smallest absolute Gasteiger partial charge is 0.414 e. The molecule has 0 radical (unpaired) electrons. The zero-order valence-electron chi connectivity index (χ0n) is 13.3. The summed E-state index contributed by atoms with van der Waals surface area (Å²) in [6, 6.07) is 8.16. The summed E-state index contributed by atoms with van der Waals surface area (Å²) in [7, 11) is 0. The van der Waals surface area contributed by atoms with Gasteiger partial charge in [-0.15, -0.1) is 0 Å². The molecule has 0 atom stereocenters. The molecule has 0 aliphatic carbocycles. The second-order valence-electron chi connectivity index (χ2n) is 6.61. The Kier molecular flexibility index (Phi) is 3.69.